The molecule has 3 N–H and O–H groups in total. The van der Waals surface area contributed by atoms with Gasteiger partial charge in [-0.1, -0.05) is 0 Å². The number of nitrogens with one attached hydrogen (secondary N) is 1. The van der Waals surface area contributed by atoms with Gasteiger partial charge >= 0.3 is 0 Å². The molecule has 0 radical (unpaired) electrons. The third-order valence-corrected chi connectivity index (χ3v) is 2.60. The van der Waals surface area contributed by atoms with Gasteiger partial charge in [0.05, 0.1) is 20.4 Å². The maximum Gasteiger partial charge on any atom is 0.168 e. The SMILES string of the molecule is COc1cc(C=O)cc(-c2cn[nH]c2N)c1OC. The van der Waals surface area contributed by atoms with Crippen molar-refractivity contribution in [3.63, 3.8) is 0 Å². The highest BCUT2D eigenvalue weighted by Crippen LogP contribution is 2.40. The Morgan fingerprint density at radius 3 is 2.56 bits per heavy atom. The Kier molecular flexibility index (Phi) is 3.18. The van der Waals surface area contributed by atoms with Gasteiger partial charge in [0.15, 0.2) is 11.5 Å². The summed E-state index contributed by atoms with van der Waals surface area (Å²) in [5.41, 5.74) is 7.57. The molecular weight excluding hydrogens is 234 g/mol. The first-order valence-corrected chi connectivity index (χ1v) is 5.21. The molecule has 6 heteroatoms. The molecule has 0 saturated heterocycles. The van der Waals surface area contributed by atoms with Crippen LogP contribution >= 0.6 is 0 Å². The molecule has 0 aliphatic heterocycles. The lowest BCUT2D eigenvalue weighted by Crippen LogP contribution is -1.97. The van der Waals surface area contributed by atoms with E-state index in [9.17, 15) is 4.79 Å². The van der Waals surface area contributed by atoms with E-state index in [-0.39, 0.29) is 0 Å². The van der Waals surface area contributed by atoms with Crippen LogP contribution in [-0.2, 0) is 0 Å². The number of carbonyl (C=O) groups is 1. The molecule has 0 amide bonds. The Morgan fingerprint density at radius 2 is 2.06 bits per heavy atom. The van der Waals surface area contributed by atoms with E-state index in [2.05, 4.69) is 10.2 Å². The van der Waals surface area contributed by atoms with Crippen LogP contribution in [0.25, 0.3) is 11.1 Å². The summed E-state index contributed by atoms with van der Waals surface area (Å²) in [5, 5.41) is 6.49. The molecule has 0 aliphatic rings. The number of H-pyrrole nitrogens is 1. The van der Waals surface area contributed by atoms with Crippen molar-refractivity contribution < 1.29 is 14.3 Å². The van der Waals surface area contributed by atoms with Gasteiger partial charge in [-0.25, -0.2) is 0 Å². The molecule has 0 fully saturated rings. The number of aromatic amines is 1. The first kappa shape index (κ1) is 12.0. The zero-order valence-electron chi connectivity index (χ0n) is 10.1. The highest BCUT2D eigenvalue weighted by atomic mass is 16.5. The van der Waals surface area contributed by atoms with Crippen LogP contribution in [0.1, 0.15) is 10.4 Å². The van der Waals surface area contributed by atoms with Crippen molar-refractivity contribution in [2.24, 2.45) is 0 Å². The minimum Gasteiger partial charge on any atom is -0.493 e. The summed E-state index contributed by atoms with van der Waals surface area (Å²) in [4.78, 5) is 10.9. The number of nitrogens with zero attached hydrogens (tertiary/aromatic N) is 1. The monoisotopic (exact) mass is 247 g/mol. The largest absolute Gasteiger partial charge is 0.493 e. The summed E-state index contributed by atoms with van der Waals surface area (Å²) in [6.07, 6.45) is 2.31. The second kappa shape index (κ2) is 4.79. The van der Waals surface area contributed by atoms with Crippen LogP contribution in [0, 0.1) is 0 Å². The average Bonchev–Trinajstić information content (AvgIpc) is 2.83. The van der Waals surface area contributed by atoms with E-state index in [1.54, 1.807) is 18.3 Å². The van der Waals surface area contributed by atoms with Gasteiger partial charge in [-0.3, -0.25) is 9.89 Å². The molecule has 1 heterocycles. The molecule has 0 unspecified atom stereocenters. The van der Waals surface area contributed by atoms with E-state index in [0.717, 1.165) is 6.29 Å². The Hall–Kier alpha value is -2.50. The topological polar surface area (TPSA) is 90.2 Å². The average molecular weight is 247 g/mol. The first-order valence-electron chi connectivity index (χ1n) is 5.21. The van der Waals surface area contributed by atoms with Gasteiger partial charge in [0.1, 0.15) is 12.1 Å². The van der Waals surface area contributed by atoms with Crippen LogP contribution in [-0.4, -0.2) is 30.7 Å². The first-order chi connectivity index (χ1) is 8.71. The highest BCUT2D eigenvalue weighted by molar-refractivity contribution is 5.86. The fourth-order valence-corrected chi connectivity index (χ4v) is 1.76. The molecule has 6 nitrogen and oxygen atoms in total. The molecule has 1 aromatic heterocycles. The number of hydrogen-bond donors (Lipinski definition) is 2. The molecule has 18 heavy (non-hydrogen) atoms. The van der Waals surface area contributed by atoms with Crippen LogP contribution in [0.5, 0.6) is 11.5 Å². The molecule has 0 bridgehead atoms. The summed E-state index contributed by atoms with van der Waals surface area (Å²) in [7, 11) is 3.03. The number of aldehydes is 1. The lowest BCUT2D eigenvalue weighted by atomic mass is 10.0. The van der Waals surface area contributed by atoms with Crippen LogP contribution in [0.4, 0.5) is 5.82 Å². The van der Waals surface area contributed by atoms with Crippen molar-refractivity contribution in [2.45, 2.75) is 0 Å². The van der Waals surface area contributed by atoms with Crippen LogP contribution in [0.3, 0.4) is 0 Å². The predicted octanol–water partition coefficient (Wildman–Crippen LogP) is 1.49. The van der Waals surface area contributed by atoms with Crippen LogP contribution in [0.2, 0.25) is 0 Å². The van der Waals surface area contributed by atoms with Gasteiger partial charge in [-0.2, -0.15) is 5.10 Å². The number of anilines is 1. The number of methoxy groups -OCH3 is 2. The normalized spacial score (nSPS) is 10.1. The number of nitrogen functional groups attached to an aromatic ring is 1. The van der Waals surface area contributed by atoms with E-state index < -0.39 is 0 Å². The van der Waals surface area contributed by atoms with Crippen molar-refractivity contribution in [2.75, 3.05) is 20.0 Å². The summed E-state index contributed by atoms with van der Waals surface area (Å²) in [6, 6.07) is 3.28. The van der Waals surface area contributed by atoms with Crippen molar-refractivity contribution in [3.8, 4) is 22.6 Å². The minimum atomic E-state index is 0.401. The highest BCUT2D eigenvalue weighted by Gasteiger charge is 2.16. The quantitative estimate of drug-likeness (QED) is 0.799. The van der Waals surface area contributed by atoms with Crippen molar-refractivity contribution >= 4 is 12.1 Å². The molecule has 94 valence electrons. The maximum absolute atomic E-state index is 10.9. The van der Waals surface area contributed by atoms with Gasteiger partial charge in [0, 0.05) is 16.7 Å². The summed E-state index contributed by atoms with van der Waals surface area (Å²) in [6.45, 7) is 0. The van der Waals surface area contributed by atoms with Crippen LogP contribution in [0.15, 0.2) is 18.3 Å². The van der Waals surface area contributed by atoms with Gasteiger partial charge in [0.2, 0.25) is 0 Å². The Balaban J connectivity index is 2.71. The fourth-order valence-electron chi connectivity index (χ4n) is 1.76. The lowest BCUT2D eigenvalue weighted by molar-refractivity contribution is 0.112. The molecule has 0 spiro atoms. The molecule has 2 aromatic rings. The number of benzene rings is 1. The lowest BCUT2D eigenvalue weighted by Gasteiger charge is -2.13. The molecule has 0 aliphatic carbocycles. The minimum absolute atomic E-state index is 0.401. The van der Waals surface area contributed by atoms with Crippen molar-refractivity contribution in [1.82, 2.24) is 10.2 Å². The number of aromatic nitrogens is 2. The van der Waals surface area contributed by atoms with Gasteiger partial charge in [0.25, 0.3) is 0 Å². The zero-order chi connectivity index (χ0) is 13.1. The molecular formula is C12H13N3O3. The van der Waals surface area contributed by atoms with E-state index in [0.29, 0.717) is 34.0 Å². The summed E-state index contributed by atoms with van der Waals surface area (Å²) >= 11 is 0. The Labute approximate surface area is 104 Å². The van der Waals surface area contributed by atoms with E-state index in [4.69, 9.17) is 15.2 Å². The van der Waals surface area contributed by atoms with E-state index in [1.165, 1.54) is 14.2 Å². The summed E-state index contributed by atoms with van der Waals surface area (Å²) < 4.78 is 10.5. The molecule has 1 aromatic carbocycles. The number of hydrogen-bond acceptors (Lipinski definition) is 5. The number of carbonyl (C=O) groups excluding carboxylic acids is 1. The predicted molar refractivity (Wildman–Crippen MR) is 66.9 cm³/mol. The standard InChI is InChI=1S/C12H13N3O3/c1-17-10-4-7(6-16)3-8(11(10)18-2)9-5-14-15-12(9)13/h3-6H,1-2H3,(H3,13,14,15). The van der Waals surface area contributed by atoms with Gasteiger partial charge in [-0.15, -0.1) is 0 Å². The maximum atomic E-state index is 10.9. The molecule has 2 rings (SSSR count). The third kappa shape index (κ3) is 1.88. The number of ether oxygens (including phenoxy) is 2. The zero-order valence-corrected chi connectivity index (χ0v) is 10.1. The van der Waals surface area contributed by atoms with Crippen LogP contribution < -0.4 is 15.2 Å². The van der Waals surface area contributed by atoms with Gasteiger partial charge < -0.3 is 15.2 Å². The number of rotatable bonds is 4. The Bertz CT molecular complexity index is 578. The van der Waals surface area contributed by atoms with E-state index in [1.807, 2.05) is 0 Å². The fraction of sp³-hybridized carbons (Fsp3) is 0.167. The van der Waals surface area contributed by atoms with Crippen molar-refractivity contribution in [1.29, 1.82) is 0 Å². The van der Waals surface area contributed by atoms with Crippen molar-refractivity contribution in [3.05, 3.63) is 23.9 Å². The third-order valence-electron chi connectivity index (χ3n) is 2.60. The molecule has 0 saturated carbocycles. The Morgan fingerprint density at radius 1 is 1.28 bits per heavy atom. The second-order valence-corrected chi connectivity index (χ2v) is 3.62. The molecule has 0 atom stereocenters. The number of nitrogens with two attached hydrogens (primary N) is 1. The van der Waals surface area contributed by atoms with Gasteiger partial charge in [-0.05, 0) is 12.1 Å². The van der Waals surface area contributed by atoms with E-state index >= 15 is 0 Å². The smallest absolute Gasteiger partial charge is 0.168 e. The second-order valence-electron chi connectivity index (χ2n) is 3.62. The summed E-state index contributed by atoms with van der Waals surface area (Å²) in [5.74, 6) is 1.38.